The van der Waals surface area contributed by atoms with Gasteiger partial charge in [-0.1, -0.05) is 6.08 Å². The van der Waals surface area contributed by atoms with Gasteiger partial charge in [0.1, 0.15) is 11.3 Å². The molecule has 1 unspecified atom stereocenters. The smallest absolute Gasteiger partial charge is 0.356 e. The van der Waals surface area contributed by atoms with Crippen LogP contribution in [-0.2, 0) is 12.6 Å². The average molecular weight is 406 g/mol. The Labute approximate surface area is 165 Å². The molecule has 0 aliphatic carbocycles. The Morgan fingerprint density at radius 3 is 2.90 bits per heavy atom. The zero-order valence-electron chi connectivity index (χ0n) is 15.8. The highest BCUT2D eigenvalue weighted by Crippen LogP contribution is 2.38. The fourth-order valence-corrected chi connectivity index (χ4v) is 3.66. The summed E-state index contributed by atoms with van der Waals surface area (Å²) < 4.78 is 41.0. The number of carbonyl (C=O) groups excluding carboxylic acids is 1. The Balaban J connectivity index is 1.77. The van der Waals surface area contributed by atoms with E-state index in [1.165, 1.54) is 11.1 Å². The standard InChI is InChI=1S/C19H21F3N6O/c1-28-7-3-5-12-13(9-24-16(12)17(28)29)15-14(19(20,21)22)10-25-18(27-15)26-11-4-2-6-23-8-11/h3,7,9-11,23-24H,2,4-6,8H2,1H3,(H,25,26,27). The Hall–Kier alpha value is -2.88. The van der Waals surface area contributed by atoms with Crippen molar-refractivity contribution in [1.29, 1.82) is 0 Å². The molecule has 2 aliphatic heterocycles. The molecule has 4 heterocycles. The number of rotatable bonds is 3. The Kier molecular flexibility index (Phi) is 5.03. The second-order valence-electron chi connectivity index (χ2n) is 7.20. The molecular weight excluding hydrogens is 385 g/mol. The Morgan fingerprint density at radius 2 is 2.17 bits per heavy atom. The quantitative estimate of drug-likeness (QED) is 0.730. The number of H-pyrrole nitrogens is 1. The number of anilines is 1. The predicted molar refractivity (Wildman–Crippen MR) is 101 cm³/mol. The summed E-state index contributed by atoms with van der Waals surface area (Å²) in [5, 5.41) is 6.36. The molecule has 4 rings (SSSR count). The summed E-state index contributed by atoms with van der Waals surface area (Å²) in [5.74, 6) is -0.168. The third-order valence-corrected chi connectivity index (χ3v) is 5.15. The van der Waals surface area contributed by atoms with Crippen LogP contribution in [0.25, 0.3) is 11.3 Å². The van der Waals surface area contributed by atoms with E-state index in [9.17, 15) is 18.0 Å². The molecular formula is C19H21F3N6O. The lowest BCUT2D eigenvalue weighted by molar-refractivity contribution is -0.137. The summed E-state index contributed by atoms with van der Waals surface area (Å²) in [6, 6.07) is 0.0508. The average Bonchev–Trinajstić information content (AvgIpc) is 3.05. The summed E-state index contributed by atoms with van der Waals surface area (Å²) in [6.45, 7) is 1.62. The molecule has 2 aliphatic rings. The van der Waals surface area contributed by atoms with Gasteiger partial charge in [-0.05, 0) is 31.4 Å². The van der Waals surface area contributed by atoms with Crippen molar-refractivity contribution >= 4 is 11.9 Å². The largest absolute Gasteiger partial charge is 0.419 e. The molecule has 10 heteroatoms. The number of piperidine rings is 1. The number of carbonyl (C=O) groups is 1. The van der Waals surface area contributed by atoms with Gasteiger partial charge in [0.2, 0.25) is 5.95 Å². The van der Waals surface area contributed by atoms with Crippen LogP contribution in [0.2, 0.25) is 0 Å². The van der Waals surface area contributed by atoms with E-state index in [4.69, 9.17) is 0 Å². The molecule has 29 heavy (non-hydrogen) atoms. The number of hydrogen-bond acceptors (Lipinski definition) is 5. The van der Waals surface area contributed by atoms with Gasteiger partial charge in [-0.15, -0.1) is 0 Å². The number of allylic oxidation sites excluding steroid dienone is 1. The Bertz CT molecular complexity index is 946. The summed E-state index contributed by atoms with van der Waals surface area (Å²) in [4.78, 5) is 24.8. The predicted octanol–water partition coefficient (Wildman–Crippen LogP) is 2.80. The minimum atomic E-state index is -4.62. The lowest BCUT2D eigenvalue weighted by Crippen LogP contribution is -2.38. The van der Waals surface area contributed by atoms with Crippen LogP contribution in [0.15, 0.2) is 24.7 Å². The van der Waals surface area contributed by atoms with Crippen molar-refractivity contribution in [3.05, 3.63) is 41.5 Å². The van der Waals surface area contributed by atoms with Crippen LogP contribution in [0.4, 0.5) is 19.1 Å². The van der Waals surface area contributed by atoms with Crippen molar-refractivity contribution < 1.29 is 18.0 Å². The molecule has 0 radical (unpaired) electrons. The molecule has 7 nitrogen and oxygen atoms in total. The number of nitrogens with one attached hydrogen (secondary N) is 3. The van der Waals surface area contributed by atoms with Gasteiger partial charge < -0.3 is 20.5 Å². The van der Waals surface area contributed by atoms with Gasteiger partial charge >= 0.3 is 6.18 Å². The van der Waals surface area contributed by atoms with Crippen molar-refractivity contribution in [1.82, 2.24) is 25.2 Å². The minimum absolute atomic E-state index is 0.0508. The van der Waals surface area contributed by atoms with Gasteiger partial charge in [-0.2, -0.15) is 13.2 Å². The lowest BCUT2D eigenvalue weighted by Gasteiger charge is -2.24. The first kappa shape index (κ1) is 19.4. The summed E-state index contributed by atoms with van der Waals surface area (Å²) in [5.41, 5.74) is -0.147. The van der Waals surface area contributed by atoms with Crippen LogP contribution in [-0.4, -0.2) is 51.9 Å². The number of aromatic nitrogens is 3. The van der Waals surface area contributed by atoms with Crippen molar-refractivity contribution in [2.24, 2.45) is 0 Å². The summed E-state index contributed by atoms with van der Waals surface area (Å²) in [7, 11) is 1.60. The zero-order valence-corrected chi connectivity index (χ0v) is 15.8. The number of fused-ring (bicyclic) bond motifs is 1. The maximum absolute atomic E-state index is 13.7. The van der Waals surface area contributed by atoms with Gasteiger partial charge in [-0.25, -0.2) is 9.97 Å². The van der Waals surface area contributed by atoms with E-state index in [0.29, 0.717) is 18.5 Å². The number of hydrogen-bond donors (Lipinski definition) is 3. The van der Waals surface area contributed by atoms with Crippen LogP contribution in [0.3, 0.4) is 0 Å². The van der Waals surface area contributed by atoms with Crippen molar-refractivity contribution in [2.45, 2.75) is 31.5 Å². The van der Waals surface area contributed by atoms with Crippen LogP contribution >= 0.6 is 0 Å². The number of nitrogens with zero attached hydrogens (tertiary/aromatic N) is 3. The SMILES string of the molecule is CN1C=CCc2c(-c3nc(NC4CCCNC4)ncc3C(F)(F)F)c[nH]c2C1=O. The highest BCUT2D eigenvalue weighted by molar-refractivity contribution is 5.97. The van der Waals surface area contributed by atoms with E-state index in [1.54, 1.807) is 19.3 Å². The van der Waals surface area contributed by atoms with E-state index in [-0.39, 0.29) is 34.8 Å². The number of alkyl halides is 3. The molecule has 2 aromatic heterocycles. The second kappa shape index (κ2) is 7.51. The fourth-order valence-electron chi connectivity index (χ4n) is 3.66. The molecule has 1 amide bonds. The summed E-state index contributed by atoms with van der Waals surface area (Å²) in [6.07, 6.45) is 3.12. The molecule has 0 bridgehead atoms. The Morgan fingerprint density at radius 1 is 1.34 bits per heavy atom. The van der Waals surface area contributed by atoms with Crippen LogP contribution in [0.5, 0.6) is 0 Å². The third kappa shape index (κ3) is 3.84. The first-order chi connectivity index (χ1) is 13.8. The molecule has 0 aromatic carbocycles. The highest BCUT2D eigenvalue weighted by Gasteiger charge is 2.37. The second-order valence-corrected chi connectivity index (χ2v) is 7.20. The molecule has 1 atom stereocenters. The fraction of sp³-hybridized carbons (Fsp3) is 0.421. The summed E-state index contributed by atoms with van der Waals surface area (Å²) >= 11 is 0. The molecule has 1 saturated heterocycles. The van der Waals surface area contributed by atoms with Gasteiger partial charge in [0.15, 0.2) is 0 Å². The van der Waals surface area contributed by atoms with E-state index >= 15 is 0 Å². The topological polar surface area (TPSA) is 85.9 Å². The van der Waals surface area contributed by atoms with Crippen molar-refractivity contribution in [3.8, 4) is 11.3 Å². The van der Waals surface area contributed by atoms with E-state index in [0.717, 1.165) is 25.6 Å². The highest BCUT2D eigenvalue weighted by atomic mass is 19.4. The van der Waals surface area contributed by atoms with Gasteiger partial charge in [0, 0.05) is 43.8 Å². The maximum Gasteiger partial charge on any atom is 0.419 e. The molecule has 2 aromatic rings. The number of aromatic amines is 1. The van der Waals surface area contributed by atoms with Crippen LogP contribution < -0.4 is 10.6 Å². The lowest BCUT2D eigenvalue weighted by atomic mass is 10.0. The van der Waals surface area contributed by atoms with E-state index < -0.39 is 11.7 Å². The van der Waals surface area contributed by atoms with E-state index in [2.05, 4.69) is 25.6 Å². The molecule has 154 valence electrons. The molecule has 0 saturated carbocycles. The first-order valence-corrected chi connectivity index (χ1v) is 9.40. The molecule has 0 spiro atoms. The normalized spacial score (nSPS) is 19.8. The van der Waals surface area contributed by atoms with E-state index in [1.807, 2.05) is 0 Å². The molecule has 1 fully saturated rings. The third-order valence-electron chi connectivity index (χ3n) is 5.15. The zero-order chi connectivity index (χ0) is 20.6. The molecule has 3 N–H and O–H groups in total. The van der Waals surface area contributed by atoms with Gasteiger partial charge in [0.05, 0.1) is 5.69 Å². The van der Waals surface area contributed by atoms with Crippen LogP contribution in [0, 0.1) is 0 Å². The van der Waals surface area contributed by atoms with Crippen LogP contribution in [0.1, 0.15) is 34.5 Å². The van der Waals surface area contributed by atoms with Gasteiger partial charge in [-0.3, -0.25) is 4.79 Å². The number of halogens is 3. The van der Waals surface area contributed by atoms with Gasteiger partial charge in [0.25, 0.3) is 5.91 Å². The first-order valence-electron chi connectivity index (χ1n) is 9.40. The maximum atomic E-state index is 13.7. The van der Waals surface area contributed by atoms with Crippen molar-refractivity contribution in [2.75, 3.05) is 25.5 Å². The number of amides is 1. The van der Waals surface area contributed by atoms with Crippen molar-refractivity contribution in [3.63, 3.8) is 0 Å². The minimum Gasteiger partial charge on any atom is -0.356 e. The monoisotopic (exact) mass is 406 g/mol.